The third kappa shape index (κ3) is 6.57. The zero-order valence-corrected chi connectivity index (χ0v) is 21.0. The summed E-state index contributed by atoms with van der Waals surface area (Å²) in [5.41, 5.74) is 1.88. The largest absolute Gasteiger partial charge is 0.480 e. The molecule has 38 heavy (non-hydrogen) atoms. The van der Waals surface area contributed by atoms with Crippen molar-refractivity contribution in [1.82, 2.24) is 14.7 Å². The van der Waals surface area contributed by atoms with Gasteiger partial charge in [0.1, 0.15) is 0 Å². The number of halogens is 7. The van der Waals surface area contributed by atoms with Gasteiger partial charge in [-0.05, 0) is 30.7 Å². The van der Waals surface area contributed by atoms with Crippen LogP contribution in [0.5, 0.6) is 0 Å². The minimum atomic E-state index is -5.76. The first-order chi connectivity index (χ1) is 17.6. The van der Waals surface area contributed by atoms with Crippen molar-refractivity contribution < 1.29 is 45.8 Å². The predicted octanol–water partition coefficient (Wildman–Crippen LogP) is 3.68. The molecule has 3 saturated heterocycles. The van der Waals surface area contributed by atoms with Crippen molar-refractivity contribution in [2.75, 3.05) is 63.8 Å². The van der Waals surface area contributed by atoms with Gasteiger partial charge in [0.05, 0.1) is 6.54 Å². The van der Waals surface area contributed by atoms with Gasteiger partial charge in [0.15, 0.2) is 0 Å². The number of carboxylic acids is 1. The molecule has 15 heteroatoms. The van der Waals surface area contributed by atoms with Crippen molar-refractivity contribution in [3.63, 3.8) is 0 Å². The predicted molar refractivity (Wildman–Crippen MR) is 124 cm³/mol. The van der Waals surface area contributed by atoms with Crippen molar-refractivity contribution >= 4 is 29.4 Å². The van der Waals surface area contributed by atoms with E-state index < -0.39 is 30.5 Å². The molecule has 8 nitrogen and oxygen atoms in total. The SMILES string of the molecule is O=C(O)CN1CCC2(C1)CN(c1cc(Cl)ccc1CN1CCN(C(=O)OC(C(F)(F)F)C(F)(F)F)CC1)C2. The molecular formula is C23H27ClF6N4O4. The van der Waals surface area contributed by atoms with Crippen LogP contribution in [-0.4, -0.2) is 109 Å². The summed E-state index contributed by atoms with van der Waals surface area (Å²) in [6.07, 6.45) is -16.5. The summed E-state index contributed by atoms with van der Waals surface area (Å²) in [4.78, 5) is 29.9. The zero-order chi connectivity index (χ0) is 27.9. The van der Waals surface area contributed by atoms with Crippen LogP contribution in [0, 0.1) is 5.41 Å². The molecule has 1 amide bonds. The fourth-order valence-electron chi connectivity index (χ4n) is 5.33. The molecule has 0 aliphatic carbocycles. The number of carbonyl (C=O) groups excluding carboxylic acids is 1. The fourth-order valence-corrected chi connectivity index (χ4v) is 5.50. The molecule has 0 atom stereocenters. The van der Waals surface area contributed by atoms with Crippen LogP contribution in [0.25, 0.3) is 0 Å². The monoisotopic (exact) mass is 572 g/mol. The number of rotatable bonds is 6. The Bertz CT molecular complexity index is 1030. The minimum Gasteiger partial charge on any atom is -0.480 e. The number of benzene rings is 1. The van der Waals surface area contributed by atoms with Gasteiger partial charge >= 0.3 is 24.4 Å². The number of hydrogen-bond donors (Lipinski definition) is 1. The number of likely N-dealkylation sites (tertiary alicyclic amines) is 1. The summed E-state index contributed by atoms with van der Waals surface area (Å²) in [5, 5.41) is 9.59. The molecule has 0 saturated carbocycles. The van der Waals surface area contributed by atoms with Crippen LogP contribution in [-0.2, 0) is 16.1 Å². The Labute approximate surface area is 219 Å². The van der Waals surface area contributed by atoms with Crippen molar-refractivity contribution in [1.29, 1.82) is 0 Å². The van der Waals surface area contributed by atoms with E-state index in [0.29, 0.717) is 18.1 Å². The summed E-state index contributed by atoms with van der Waals surface area (Å²) < 4.78 is 80.1. The van der Waals surface area contributed by atoms with E-state index in [1.165, 1.54) is 0 Å². The summed E-state index contributed by atoms with van der Waals surface area (Å²) in [6, 6.07) is 5.45. The van der Waals surface area contributed by atoms with Crippen LogP contribution in [0.1, 0.15) is 12.0 Å². The highest BCUT2D eigenvalue weighted by atomic mass is 35.5. The summed E-state index contributed by atoms with van der Waals surface area (Å²) in [5.74, 6) is -0.857. The van der Waals surface area contributed by atoms with Gasteiger partial charge in [0.25, 0.3) is 6.10 Å². The number of carboxylic acid groups (broad SMARTS) is 1. The molecule has 1 spiro atoms. The molecule has 1 N–H and O–H groups in total. The lowest BCUT2D eigenvalue weighted by atomic mass is 9.78. The summed E-state index contributed by atoms with van der Waals surface area (Å²) in [6.45, 7) is 3.66. The molecule has 0 unspecified atom stereocenters. The standard InChI is InChI=1S/C23H27ClF6N4O4/c24-16-2-1-15(17(9-16)34-13-21(14-34)3-4-32(12-21)11-18(35)36)10-31-5-7-33(8-6-31)20(37)38-19(22(25,26)27)23(28,29)30/h1-2,9,19H,3-8,10-14H2,(H,35,36). The summed E-state index contributed by atoms with van der Waals surface area (Å²) >= 11 is 6.24. The Morgan fingerprint density at radius 1 is 0.974 bits per heavy atom. The van der Waals surface area contributed by atoms with E-state index in [-0.39, 0.29) is 38.1 Å². The normalized spacial score (nSPS) is 20.7. The number of amides is 1. The van der Waals surface area contributed by atoms with E-state index >= 15 is 0 Å². The number of anilines is 1. The van der Waals surface area contributed by atoms with Crippen molar-refractivity contribution in [2.24, 2.45) is 5.41 Å². The lowest BCUT2D eigenvalue weighted by Crippen LogP contribution is -2.58. The van der Waals surface area contributed by atoms with Gasteiger partial charge in [0.2, 0.25) is 0 Å². The molecule has 3 heterocycles. The maximum atomic E-state index is 12.7. The second-order valence-corrected chi connectivity index (χ2v) is 10.5. The molecule has 212 valence electrons. The first-order valence-electron chi connectivity index (χ1n) is 11.9. The zero-order valence-electron chi connectivity index (χ0n) is 20.2. The fraction of sp³-hybridized carbons (Fsp3) is 0.652. The maximum Gasteiger partial charge on any atom is 0.434 e. The van der Waals surface area contributed by atoms with E-state index in [1.54, 1.807) is 6.07 Å². The van der Waals surface area contributed by atoms with E-state index in [4.69, 9.17) is 16.7 Å². The molecule has 0 bridgehead atoms. The van der Waals surface area contributed by atoms with Gasteiger partial charge in [-0.3, -0.25) is 14.6 Å². The maximum absolute atomic E-state index is 12.7. The minimum absolute atomic E-state index is 0.0107. The number of piperazine rings is 1. The van der Waals surface area contributed by atoms with Crippen molar-refractivity contribution in [3.8, 4) is 0 Å². The highest BCUT2D eigenvalue weighted by molar-refractivity contribution is 6.30. The van der Waals surface area contributed by atoms with Crippen molar-refractivity contribution in [3.05, 3.63) is 28.8 Å². The molecule has 4 rings (SSSR count). The van der Waals surface area contributed by atoms with Gasteiger partial charge in [-0.1, -0.05) is 17.7 Å². The molecule has 1 aromatic rings. The van der Waals surface area contributed by atoms with Gasteiger partial charge in [-0.2, -0.15) is 26.3 Å². The molecule has 1 aromatic carbocycles. The number of aliphatic carboxylic acids is 1. The molecule has 0 radical (unpaired) electrons. The topological polar surface area (TPSA) is 76.6 Å². The van der Waals surface area contributed by atoms with Crippen LogP contribution in [0.15, 0.2) is 18.2 Å². The van der Waals surface area contributed by atoms with Crippen molar-refractivity contribution in [2.45, 2.75) is 31.4 Å². The number of hydrogen-bond acceptors (Lipinski definition) is 6. The average molecular weight is 573 g/mol. The molecule has 0 aromatic heterocycles. The first-order valence-corrected chi connectivity index (χ1v) is 12.3. The van der Waals surface area contributed by atoms with Gasteiger partial charge in [-0.15, -0.1) is 0 Å². The third-order valence-electron chi connectivity index (χ3n) is 7.15. The quantitative estimate of drug-likeness (QED) is 0.521. The van der Waals surface area contributed by atoms with E-state index in [1.807, 2.05) is 21.9 Å². The molecule has 3 aliphatic heterocycles. The third-order valence-corrected chi connectivity index (χ3v) is 7.39. The second kappa shape index (κ2) is 10.6. The Morgan fingerprint density at radius 2 is 1.61 bits per heavy atom. The lowest BCUT2D eigenvalue weighted by molar-refractivity contribution is -0.308. The number of carbonyl (C=O) groups is 2. The van der Waals surface area contributed by atoms with E-state index in [2.05, 4.69) is 9.64 Å². The lowest BCUT2D eigenvalue weighted by Gasteiger charge is -2.50. The Hall–Kier alpha value is -2.45. The Balaban J connectivity index is 1.33. The molecular weight excluding hydrogens is 546 g/mol. The number of nitrogens with zero attached hydrogens (tertiary/aromatic N) is 4. The highest BCUT2D eigenvalue weighted by Crippen LogP contribution is 2.43. The number of ether oxygens (including phenoxy) is 1. The first kappa shape index (κ1) is 28.6. The molecule has 3 fully saturated rings. The Morgan fingerprint density at radius 3 is 2.18 bits per heavy atom. The Kier molecular flexibility index (Phi) is 7.97. The van der Waals surface area contributed by atoms with Crippen LogP contribution in [0.4, 0.5) is 36.8 Å². The summed E-state index contributed by atoms with van der Waals surface area (Å²) in [7, 11) is 0. The smallest absolute Gasteiger partial charge is 0.434 e. The van der Waals surface area contributed by atoms with Crippen LogP contribution >= 0.6 is 11.6 Å². The van der Waals surface area contributed by atoms with Gasteiger partial charge < -0.3 is 19.6 Å². The van der Waals surface area contributed by atoms with Gasteiger partial charge in [0, 0.05) is 68.5 Å². The highest BCUT2D eigenvalue weighted by Gasteiger charge is 2.60. The van der Waals surface area contributed by atoms with E-state index in [0.717, 1.165) is 42.2 Å². The average Bonchev–Trinajstić information content (AvgIpc) is 3.20. The number of alkyl halides is 6. The van der Waals surface area contributed by atoms with Crippen LogP contribution in [0.2, 0.25) is 5.02 Å². The van der Waals surface area contributed by atoms with Gasteiger partial charge in [-0.25, -0.2) is 4.79 Å². The van der Waals surface area contributed by atoms with Crippen LogP contribution < -0.4 is 4.90 Å². The second-order valence-electron chi connectivity index (χ2n) is 10.1. The van der Waals surface area contributed by atoms with E-state index in [9.17, 15) is 35.9 Å². The molecule has 3 aliphatic rings. The van der Waals surface area contributed by atoms with Crippen LogP contribution in [0.3, 0.4) is 0 Å².